The number of halogens is 3. The van der Waals surface area contributed by atoms with Crippen molar-refractivity contribution in [3.8, 4) is 11.8 Å². The predicted molar refractivity (Wildman–Crippen MR) is 67.6 cm³/mol. The van der Waals surface area contributed by atoms with Crippen molar-refractivity contribution in [3.63, 3.8) is 0 Å². The molecule has 0 unspecified atom stereocenters. The fourth-order valence-electron chi connectivity index (χ4n) is 1.57. The van der Waals surface area contributed by atoms with Crippen molar-refractivity contribution in [2.45, 2.75) is 6.36 Å². The molecule has 0 amide bonds. The fourth-order valence-corrected chi connectivity index (χ4v) is 1.57. The highest BCUT2D eigenvalue weighted by atomic mass is 19.4. The van der Waals surface area contributed by atoms with Gasteiger partial charge in [-0.15, -0.1) is 13.2 Å². The van der Waals surface area contributed by atoms with E-state index in [0.717, 1.165) is 0 Å². The average Bonchev–Trinajstić information content (AvgIpc) is 2.40. The van der Waals surface area contributed by atoms with E-state index in [9.17, 15) is 13.2 Å². The molecule has 0 atom stereocenters. The summed E-state index contributed by atoms with van der Waals surface area (Å²) in [5.41, 5.74) is 1.76. The molecule has 3 nitrogen and oxygen atoms in total. The van der Waals surface area contributed by atoms with E-state index in [1.54, 1.807) is 24.3 Å². The number of benzene rings is 2. The molecule has 1 N–H and O–H groups in total. The highest BCUT2D eigenvalue weighted by Crippen LogP contribution is 2.25. The van der Waals surface area contributed by atoms with E-state index in [4.69, 9.17) is 5.26 Å². The number of rotatable bonds is 3. The first-order valence-corrected chi connectivity index (χ1v) is 5.59. The van der Waals surface area contributed by atoms with Crippen LogP contribution in [0.2, 0.25) is 0 Å². The topological polar surface area (TPSA) is 45.0 Å². The molecule has 2 aromatic carbocycles. The third-order valence-corrected chi connectivity index (χ3v) is 2.37. The average molecular weight is 278 g/mol. The van der Waals surface area contributed by atoms with Crippen LogP contribution in [0.4, 0.5) is 24.5 Å². The van der Waals surface area contributed by atoms with Crippen LogP contribution in [0.3, 0.4) is 0 Å². The molecule has 0 aliphatic heterocycles. The number of ether oxygens (including phenoxy) is 1. The lowest BCUT2D eigenvalue weighted by Crippen LogP contribution is -2.16. The van der Waals surface area contributed by atoms with E-state index in [1.165, 1.54) is 24.3 Å². The highest BCUT2D eigenvalue weighted by molar-refractivity contribution is 5.61. The van der Waals surface area contributed by atoms with Crippen molar-refractivity contribution in [1.82, 2.24) is 0 Å². The Bertz CT molecular complexity index is 630. The molecule has 0 saturated carbocycles. The Morgan fingerprint density at radius 1 is 1.00 bits per heavy atom. The van der Waals surface area contributed by atoms with E-state index in [-0.39, 0.29) is 5.75 Å². The molecule has 0 aliphatic carbocycles. The first-order valence-electron chi connectivity index (χ1n) is 5.59. The number of hydrogen-bond donors (Lipinski definition) is 1. The molecule has 0 saturated heterocycles. The van der Waals surface area contributed by atoms with E-state index in [0.29, 0.717) is 16.9 Å². The second-order valence-electron chi connectivity index (χ2n) is 3.89. The summed E-state index contributed by atoms with van der Waals surface area (Å²) in [4.78, 5) is 0. The molecule has 6 heteroatoms. The monoisotopic (exact) mass is 278 g/mol. The molecule has 0 spiro atoms. The molecule has 0 aromatic heterocycles. The van der Waals surface area contributed by atoms with Gasteiger partial charge in [-0.2, -0.15) is 5.26 Å². The third kappa shape index (κ3) is 3.92. The minimum atomic E-state index is -4.70. The molecule has 0 bridgehead atoms. The molecule has 0 radical (unpaired) electrons. The normalized spacial score (nSPS) is 10.7. The summed E-state index contributed by atoms with van der Waals surface area (Å²) in [5, 5.41) is 11.8. The van der Waals surface area contributed by atoms with Crippen LogP contribution in [0, 0.1) is 11.3 Å². The quantitative estimate of drug-likeness (QED) is 0.915. The Labute approximate surface area is 113 Å². The van der Waals surface area contributed by atoms with Crippen molar-refractivity contribution in [2.24, 2.45) is 0 Å². The first kappa shape index (κ1) is 13.7. The van der Waals surface area contributed by atoms with Gasteiger partial charge in [-0.25, -0.2) is 0 Å². The molecule has 0 heterocycles. The number of anilines is 2. The van der Waals surface area contributed by atoms with Crippen LogP contribution in [-0.2, 0) is 0 Å². The molecule has 20 heavy (non-hydrogen) atoms. The lowest BCUT2D eigenvalue weighted by Gasteiger charge is -2.10. The first-order chi connectivity index (χ1) is 9.46. The number of nitrogens with zero attached hydrogens (tertiary/aromatic N) is 1. The van der Waals surface area contributed by atoms with Gasteiger partial charge in [-0.05, 0) is 42.5 Å². The second kappa shape index (κ2) is 5.53. The van der Waals surface area contributed by atoms with Gasteiger partial charge >= 0.3 is 6.36 Å². The van der Waals surface area contributed by atoms with E-state index in [2.05, 4.69) is 10.1 Å². The van der Waals surface area contributed by atoms with Gasteiger partial charge < -0.3 is 10.1 Å². The van der Waals surface area contributed by atoms with Crippen molar-refractivity contribution < 1.29 is 17.9 Å². The Morgan fingerprint density at radius 2 is 1.70 bits per heavy atom. The minimum Gasteiger partial charge on any atom is -0.406 e. The van der Waals surface area contributed by atoms with Gasteiger partial charge in [0.25, 0.3) is 0 Å². The summed E-state index contributed by atoms with van der Waals surface area (Å²) in [6.07, 6.45) is -4.70. The predicted octanol–water partition coefficient (Wildman–Crippen LogP) is 4.20. The summed E-state index contributed by atoms with van der Waals surface area (Å²) in [7, 11) is 0. The molecular formula is C14H9F3N2O. The summed E-state index contributed by atoms with van der Waals surface area (Å²) < 4.78 is 39.8. The van der Waals surface area contributed by atoms with Crippen molar-refractivity contribution >= 4 is 11.4 Å². The molecular weight excluding hydrogens is 269 g/mol. The van der Waals surface area contributed by atoms with Gasteiger partial charge in [0.2, 0.25) is 0 Å². The van der Waals surface area contributed by atoms with Gasteiger partial charge in [-0.3, -0.25) is 0 Å². The largest absolute Gasteiger partial charge is 0.573 e. The maximum Gasteiger partial charge on any atom is 0.573 e. The van der Waals surface area contributed by atoms with Crippen LogP contribution >= 0.6 is 0 Å². The Kier molecular flexibility index (Phi) is 3.80. The standard InChI is InChI=1S/C14H9F3N2O/c15-14(16,17)20-13-6-4-11(5-7-13)19-12-3-1-2-10(8-12)9-18/h1-8,19H. The number of alkyl halides is 3. The second-order valence-corrected chi connectivity index (χ2v) is 3.89. The fraction of sp³-hybridized carbons (Fsp3) is 0.0714. The zero-order chi connectivity index (χ0) is 14.6. The maximum absolute atomic E-state index is 12.0. The van der Waals surface area contributed by atoms with Crippen LogP contribution in [-0.4, -0.2) is 6.36 Å². The zero-order valence-electron chi connectivity index (χ0n) is 10.1. The van der Waals surface area contributed by atoms with Crippen molar-refractivity contribution in [3.05, 3.63) is 54.1 Å². The van der Waals surface area contributed by atoms with E-state index >= 15 is 0 Å². The van der Waals surface area contributed by atoms with Gasteiger partial charge in [0.05, 0.1) is 11.6 Å². The van der Waals surface area contributed by atoms with Gasteiger partial charge in [-0.1, -0.05) is 6.07 Å². The van der Waals surface area contributed by atoms with E-state index in [1.807, 2.05) is 6.07 Å². The third-order valence-electron chi connectivity index (χ3n) is 2.37. The summed E-state index contributed by atoms with van der Waals surface area (Å²) in [5.74, 6) is -0.283. The smallest absolute Gasteiger partial charge is 0.406 e. The summed E-state index contributed by atoms with van der Waals surface area (Å²) in [6.45, 7) is 0. The maximum atomic E-state index is 12.0. The SMILES string of the molecule is N#Cc1cccc(Nc2ccc(OC(F)(F)F)cc2)c1. The van der Waals surface area contributed by atoms with Crippen LogP contribution < -0.4 is 10.1 Å². The van der Waals surface area contributed by atoms with Gasteiger partial charge in [0, 0.05) is 11.4 Å². The number of hydrogen-bond acceptors (Lipinski definition) is 3. The highest BCUT2D eigenvalue weighted by Gasteiger charge is 2.30. The van der Waals surface area contributed by atoms with E-state index < -0.39 is 6.36 Å². The molecule has 2 rings (SSSR count). The van der Waals surface area contributed by atoms with Gasteiger partial charge in [0.1, 0.15) is 5.75 Å². The van der Waals surface area contributed by atoms with Crippen LogP contribution in [0.15, 0.2) is 48.5 Å². The van der Waals surface area contributed by atoms with Crippen LogP contribution in [0.25, 0.3) is 0 Å². The minimum absolute atomic E-state index is 0.283. The number of nitriles is 1. The lowest BCUT2D eigenvalue weighted by atomic mass is 10.2. The Morgan fingerprint density at radius 3 is 2.30 bits per heavy atom. The molecule has 2 aromatic rings. The summed E-state index contributed by atoms with van der Waals surface area (Å²) >= 11 is 0. The Balaban J connectivity index is 2.09. The van der Waals surface area contributed by atoms with Crippen molar-refractivity contribution in [1.29, 1.82) is 5.26 Å². The molecule has 0 fully saturated rings. The van der Waals surface area contributed by atoms with Crippen molar-refractivity contribution in [2.75, 3.05) is 5.32 Å². The number of nitrogens with one attached hydrogen (secondary N) is 1. The summed E-state index contributed by atoms with van der Waals surface area (Å²) in [6, 6.07) is 14.1. The molecule has 102 valence electrons. The van der Waals surface area contributed by atoms with Crippen LogP contribution in [0.1, 0.15) is 5.56 Å². The lowest BCUT2D eigenvalue weighted by molar-refractivity contribution is -0.274. The van der Waals surface area contributed by atoms with Crippen LogP contribution in [0.5, 0.6) is 5.75 Å². The Hall–Kier alpha value is -2.68. The zero-order valence-corrected chi connectivity index (χ0v) is 10.1. The molecule has 0 aliphatic rings. The van der Waals surface area contributed by atoms with Gasteiger partial charge in [0.15, 0.2) is 0 Å².